The second kappa shape index (κ2) is 9.73. The summed E-state index contributed by atoms with van der Waals surface area (Å²) < 4.78 is 29.7. The Balaban J connectivity index is 1.35. The second-order valence-corrected chi connectivity index (χ2v) is 8.02. The van der Waals surface area contributed by atoms with E-state index >= 15 is 0 Å². The summed E-state index contributed by atoms with van der Waals surface area (Å²) >= 11 is 1.31. The molecule has 0 aliphatic rings. The molecule has 0 saturated carbocycles. The van der Waals surface area contributed by atoms with E-state index < -0.39 is 0 Å². The molecule has 10 heteroatoms. The molecule has 1 amide bonds. The molecule has 4 rings (SSSR count). The summed E-state index contributed by atoms with van der Waals surface area (Å²) in [5.74, 6) is -0.679. The molecule has 0 spiro atoms. The van der Waals surface area contributed by atoms with E-state index in [4.69, 9.17) is 0 Å². The van der Waals surface area contributed by atoms with Crippen molar-refractivity contribution in [1.82, 2.24) is 24.6 Å². The first-order chi connectivity index (χ1) is 15.5. The normalized spacial score (nSPS) is 11.1. The number of carbonyl (C=O) groups excluding carboxylic acids is 1. The highest BCUT2D eigenvalue weighted by Gasteiger charge is 2.12. The van der Waals surface area contributed by atoms with Crippen LogP contribution < -0.4 is 10.9 Å². The highest BCUT2D eigenvalue weighted by Crippen LogP contribution is 2.17. The van der Waals surface area contributed by atoms with Crippen LogP contribution in [-0.2, 0) is 17.9 Å². The molecule has 164 valence electrons. The van der Waals surface area contributed by atoms with Crippen LogP contribution in [0.4, 0.5) is 8.78 Å². The van der Waals surface area contributed by atoms with E-state index in [0.717, 1.165) is 4.90 Å². The summed E-state index contributed by atoms with van der Waals surface area (Å²) in [5.41, 5.74) is 0.475. The van der Waals surface area contributed by atoms with Crippen LogP contribution in [0.5, 0.6) is 0 Å². The fourth-order valence-corrected chi connectivity index (χ4v) is 3.84. The van der Waals surface area contributed by atoms with Gasteiger partial charge in [-0.1, -0.05) is 18.2 Å². The smallest absolute Gasteiger partial charge is 0.264 e. The molecule has 0 saturated heterocycles. The van der Waals surface area contributed by atoms with Gasteiger partial charge in [0.25, 0.3) is 5.56 Å². The first kappa shape index (κ1) is 21.7. The monoisotopic (exact) mass is 455 g/mol. The number of hydrogen-bond donors (Lipinski definition) is 1. The van der Waals surface area contributed by atoms with E-state index in [-0.39, 0.29) is 35.4 Å². The summed E-state index contributed by atoms with van der Waals surface area (Å²) in [6, 6.07) is 12.2. The summed E-state index contributed by atoms with van der Waals surface area (Å²) in [6.07, 6.45) is 2.79. The van der Waals surface area contributed by atoms with Crippen molar-refractivity contribution in [3.63, 3.8) is 0 Å². The molecule has 2 heterocycles. The number of nitrogens with zero attached hydrogens (tertiary/aromatic N) is 4. The fourth-order valence-electron chi connectivity index (χ4n) is 3.12. The molecule has 0 aliphatic heterocycles. The molecule has 2 aromatic heterocycles. The van der Waals surface area contributed by atoms with Gasteiger partial charge in [0.15, 0.2) is 5.65 Å². The van der Waals surface area contributed by atoms with Crippen LogP contribution in [0, 0.1) is 11.6 Å². The molecular weight excluding hydrogens is 436 g/mol. The van der Waals surface area contributed by atoms with Gasteiger partial charge in [0.1, 0.15) is 23.3 Å². The fraction of sp³-hybridized carbons (Fsp3) is 0.182. The zero-order chi connectivity index (χ0) is 22.5. The molecule has 0 radical (unpaired) electrons. The number of aromatic nitrogens is 4. The minimum Gasteiger partial charge on any atom is -0.354 e. The zero-order valence-electron chi connectivity index (χ0n) is 16.9. The molecule has 1 N–H and O–H groups in total. The predicted molar refractivity (Wildman–Crippen MR) is 117 cm³/mol. The third-order valence-electron chi connectivity index (χ3n) is 4.75. The number of thioether (sulfide) groups is 1. The number of hydrogen-bond acceptors (Lipinski definition) is 5. The van der Waals surface area contributed by atoms with Crippen molar-refractivity contribution < 1.29 is 13.6 Å². The van der Waals surface area contributed by atoms with Gasteiger partial charge in [-0.3, -0.25) is 14.2 Å². The molecule has 0 aliphatic carbocycles. The van der Waals surface area contributed by atoms with Crippen molar-refractivity contribution >= 4 is 28.7 Å². The maximum Gasteiger partial charge on any atom is 0.264 e. The lowest BCUT2D eigenvalue weighted by Gasteiger charge is -2.08. The van der Waals surface area contributed by atoms with E-state index in [2.05, 4.69) is 15.4 Å². The van der Waals surface area contributed by atoms with E-state index in [9.17, 15) is 18.4 Å². The summed E-state index contributed by atoms with van der Waals surface area (Å²) in [6.45, 7) is 0.710. The SMILES string of the molecule is O=C(CSc1ccc(F)cc1)NCCn1ncc2c(=O)n(Cc3ccccc3F)cnc21. The Morgan fingerprint density at radius 2 is 1.88 bits per heavy atom. The predicted octanol–water partition coefficient (Wildman–Crippen LogP) is 2.83. The number of halogens is 2. The first-order valence-electron chi connectivity index (χ1n) is 9.80. The Kier molecular flexibility index (Phi) is 6.60. The van der Waals surface area contributed by atoms with Gasteiger partial charge in [-0.15, -0.1) is 11.8 Å². The van der Waals surface area contributed by atoms with E-state index in [1.54, 1.807) is 30.3 Å². The Labute approximate surface area is 186 Å². The Morgan fingerprint density at radius 3 is 2.66 bits per heavy atom. The van der Waals surface area contributed by atoms with Gasteiger partial charge in [-0.2, -0.15) is 5.10 Å². The topological polar surface area (TPSA) is 81.8 Å². The van der Waals surface area contributed by atoms with Gasteiger partial charge in [0.2, 0.25) is 5.91 Å². The molecule has 0 fully saturated rings. The van der Waals surface area contributed by atoms with Crippen LogP contribution in [0.25, 0.3) is 11.0 Å². The van der Waals surface area contributed by atoms with E-state index in [1.807, 2.05) is 0 Å². The minimum absolute atomic E-state index is 0.0708. The Morgan fingerprint density at radius 1 is 1.09 bits per heavy atom. The minimum atomic E-state index is -0.386. The molecule has 0 unspecified atom stereocenters. The van der Waals surface area contributed by atoms with Gasteiger partial charge in [-0.05, 0) is 30.3 Å². The van der Waals surface area contributed by atoms with E-state index in [0.29, 0.717) is 29.7 Å². The molecule has 32 heavy (non-hydrogen) atoms. The van der Waals surface area contributed by atoms with Crippen molar-refractivity contribution in [2.24, 2.45) is 0 Å². The van der Waals surface area contributed by atoms with Crippen molar-refractivity contribution in [2.75, 3.05) is 12.3 Å². The van der Waals surface area contributed by atoms with Gasteiger partial charge in [0, 0.05) is 17.0 Å². The summed E-state index contributed by atoms with van der Waals surface area (Å²) in [4.78, 5) is 29.9. The average molecular weight is 455 g/mol. The van der Waals surface area contributed by atoms with Crippen LogP contribution in [0.2, 0.25) is 0 Å². The summed E-state index contributed by atoms with van der Waals surface area (Å²) in [5, 5.41) is 7.30. The maximum atomic E-state index is 13.9. The zero-order valence-corrected chi connectivity index (χ0v) is 17.7. The molecule has 7 nitrogen and oxygen atoms in total. The highest BCUT2D eigenvalue weighted by atomic mass is 32.2. The number of fused-ring (bicyclic) bond motifs is 1. The summed E-state index contributed by atoms with van der Waals surface area (Å²) in [7, 11) is 0. The number of benzene rings is 2. The number of nitrogens with one attached hydrogen (secondary N) is 1. The standard InChI is InChI=1S/C22H19F2N5O2S/c23-16-5-7-17(8-6-16)32-13-20(30)25-9-10-29-21-18(11-27-29)22(31)28(14-26-21)12-15-3-1-2-4-19(15)24/h1-8,11,14H,9-10,12-13H2,(H,25,30). The Hall–Kier alpha value is -3.53. The Bertz CT molecular complexity index is 1300. The molecule has 2 aromatic carbocycles. The van der Waals surface area contributed by atoms with Crippen LogP contribution in [0.15, 0.2) is 70.7 Å². The molecule has 4 aromatic rings. The van der Waals surface area contributed by atoms with Crippen molar-refractivity contribution in [2.45, 2.75) is 18.0 Å². The first-order valence-corrected chi connectivity index (χ1v) is 10.8. The number of rotatable bonds is 8. The van der Waals surface area contributed by atoms with Gasteiger partial charge < -0.3 is 5.32 Å². The van der Waals surface area contributed by atoms with Gasteiger partial charge in [-0.25, -0.2) is 18.4 Å². The largest absolute Gasteiger partial charge is 0.354 e. The van der Waals surface area contributed by atoms with Crippen LogP contribution in [0.1, 0.15) is 5.56 Å². The van der Waals surface area contributed by atoms with Gasteiger partial charge in [0.05, 0.1) is 25.0 Å². The van der Waals surface area contributed by atoms with Gasteiger partial charge >= 0.3 is 0 Å². The second-order valence-electron chi connectivity index (χ2n) is 6.97. The lowest BCUT2D eigenvalue weighted by Crippen LogP contribution is -2.29. The number of carbonyl (C=O) groups is 1. The molecule has 0 atom stereocenters. The lowest BCUT2D eigenvalue weighted by atomic mass is 10.2. The lowest BCUT2D eigenvalue weighted by molar-refractivity contribution is -0.118. The van der Waals surface area contributed by atoms with Crippen molar-refractivity contribution in [1.29, 1.82) is 0 Å². The number of amides is 1. The highest BCUT2D eigenvalue weighted by molar-refractivity contribution is 8.00. The van der Waals surface area contributed by atoms with Crippen LogP contribution in [-0.4, -0.2) is 37.5 Å². The quantitative estimate of drug-likeness (QED) is 0.413. The van der Waals surface area contributed by atoms with E-state index in [1.165, 1.54) is 51.7 Å². The van der Waals surface area contributed by atoms with Crippen molar-refractivity contribution in [3.8, 4) is 0 Å². The molecular formula is C22H19F2N5O2S. The van der Waals surface area contributed by atoms with Crippen molar-refractivity contribution in [3.05, 3.63) is 88.6 Å². The average Bonchev–Trinajstić information content (AvgIpc) is 3.20. The third kappa shape index (κ3) is 5.02. The maximum absolute atomic E-state index is 13.9. The third-order valence-corrected chi connectivity index (χ3v) is 5.76. The van der Waals surface area contributed by atoms with Crippen LogP contribution in [0.3, 0.4) is 0 Å². The van der Waals surface area contributed by atoms with Crippen LogP contribution >= 0.6 is 11.8 Å². The molecule has 0 bridgehead atoms.